The van der Waals surface area contributed by atoms with E-state index in [1.165, 1.54) is 0 Å². The van der Waals surface area contributed by atoms with Gasteiger partial charge in [0, 0.05) is 30.5 Å². The number of anilines is 3. The van der Waals surface area contributed by atoms with Crippen LogP contribution in [0.25, 0.3) is 0 Å². The van der Waals surface area contributed by atoms with Gasteiger partial charge in [-0.3, -0.25) is 0 Å². The number of nitrogens with one attached hydrogen (secondary N) is 1. The topological polar surface area (TPSA) is 59.5 Å². The molecular weight excluding hydrogens is 340 g/mol. The van der Waals surface area contributed by atoms with Crippen LogP contribution in [0.1, 0.15) is 5.69 Å². The van der Waals surface area contributed by atoms with Crippen LogP contribution in [0.5, 0.6) is 11.5 Å². The van der Waals surface area contributed by atoms with Gasteiger partial charge in [-0.15, -0.1) is 0 Å². The summed E-state index contributed by atoms with van der Waals surface area (Å²) >= 11 is 0. The molecule has 0 saturated carbocycles. The minimum atomic E-state index is 0.591. The fourth-order valence-corrected chi connectivity index (χ4v) is 2.92. The first-order valence-electron chi connectivity index (χ1n) is 9.05. The molecule has 0 bridgehead atoms. The van der Waals surface area contributed by atoms with Gasteiger partial charge in [0.2, 0.25) is 5.95 Å². The maximum Gasteiger partial charge on any atom is 0.229 e. The van der Waals surface area contributed by atoms with Gasteiger partial charge < -0.3 is 19.7 Å². The minimum Gasteiger partial charge on any atom is -0.457 e. The molecule has 4 rings (SSSR count). The van der Waals surface area contributed by atoms with Crippen molar-refractivity contribution in [3.05, 3.63) is 66.4 Å². The highest BCUT2D eigenvalue weighted by molar-refractivity contribution is 5.57. The maximum absolute atomic E-state index is 5.82. The first-order chi connectivity index (χ1) is 13.3. The van der Waals surface area contributed by atoms with Crippen molar-refractivity contribution in [2.45, 2.75) is 6.92 Å². The highest BCUT2D eigenvalue weighted by Gasteiger charge is 2.14. The Bertz CT molecular complexity index is 878. The number of hydrogen-bond acceptors (Lipinski definition) is 6. The van der Waals surface area contributed by atoms with Crippen LogP contribution in [0.15, 0.2) is 60.7 Å². The van der Waals surface area contributed by atoms with E-state index in [-0.39, 0.29) is 0 Å². The molecule has 2 aromatic carbocycles. The molecule has 6 nitrogen and oxygen atoms in total. The molecule has 1 saturated heterocycles. The van der Waals surface area contributed by atoms with Gasteiger partial charge in [-0.2, -0.15) is 4.98 Å². The van der Waals surface area contributed by atoms with Crippen LogP contribution in [0, 0.1) is 6.92 Å². The normalized spacial score (nSPS) is 14.0. The fraction of sp³-hybridized carbons (Fsp3) is 0.238. The van der Waals surface area contributed by atoms with E-state index >= 15 is 0 Å². The van der Waals surface area contributed by atoms with Crippen molar-refractivity contribution in [2.24, 2.45) is 0 Å². The number of para-hydroxylation sites is 1. The van der Waals surface area contributed by atoms with E-state index < -0.39 is 0 Å². The summed E-state index contributed by atoms with van der Waals surface area (Å²) in [6.45, 7) is 5.14. The second-order valence-corrected chi connectivity index (χ2v) is 6.36. The number of aromatic nitrogens is 2. The Morgan fingerprint density at radius 1 is 0.926 bits per heavy atom. The van der Waals surface area contributed by atoms with Gasteiger partial charge in [0.05, 0.1) is 13.2 Å². The molecule has 2 heterocycles. The summed E-state index contributed by atoms with van der Waals surface area (Å²) < 4.78 is 11.2. The van der Waals surface area contributed by atoms with Crippen LogP contribution in [0.4, 0.5) is 17.5 Å². The Balaban J connectivity index is 1.46. The molecule has 138 valence electrons. The third-order valence-electron chi connectivity index (χ3n) is 4.27. The maximum atomic E-state index is 5.82. The average molecular weight is 362 g/mol. The number of ether oxygens (including phenoxy) is 2. The van der Waals surface area contributed by atoms with E-state index in [1.54, 1.807) is 0 Å². The molecule has 0 atom stereocenters. The van der Waals surface area contributed by atoms with E-state index in [1.807, 2.05) is 67.6 Å². The average Bonchev–Trinajstić information content (AvgIpc) is 2.71. The van der Waals surface area contributed by atoms with Crippen molar-refractivity contribution >= 4 is 17.5 Å². The van der Waals surface area contributed by atoms with Crippen molar-refractivity contribution in [1.29, 1.82) is 0 Å². The smallest absolute Gasteiger partial charge is 0.229 e. The lowest BCUT2D eigenvalue weighted by atomic mass is 10.3. The molecule has 6 heteroatoms. The summed E-state index contributed by atoms with van der Waals surface area (Å²) in [5, 5.41) is 3.28. The van der Waals surface area contributed by atoms with Crippen LogP contribution in [-0.4, -0.2) is 36.3 Å². The fourth-order valence-electron chi connectivity index (χ4n) is 2.92. The zero-order chi connectivity index (χ0) is 18.5. The van der Waals surface area contributed by atoms with Crippen LogP contribution in [0.2, 0.25) is 0 Å². The van der Waals surface area contributed by atoms with Crippen LogP contribution in [0.3, 0.4) is 0 Å². The van der Waals surface area contributed by atoms with Crippen LogP contribution < -0.4 is 15.0 Å². The predicted octanol–water partition coefficient (Wildman–Crippen LogP) is 4.16. The van der Waals surface area contributed by atoms with Crippen molar-refractivity contribution < 1.29 is 9.47 Å². The molecule has 3 aromatic rings. The summed E-state index contributed by atoms with van der Waals surface area (Å²) in [5.74, 6) is 3.12. The predicted molar refractivity (Wildman–Crippen MR) is 106 cm³/mol. The summed E-state index contributed by atoms with van der Waals surface area (Å²) in [5.41, 5.74) is 1.84. The number of hydrogen-bond donors (Lipinski definition) is 1. The van der Waals surface area contributed by atoms with E-state index in [9.17, 15) is 0 Å². The van der Waals surface area contributed by atoms with E-state index in [0.29, 0.717) is 5.95 Å². The summed E-state index contributed by atoms with van der Waals surface area (Å²) in [4.78, 5) is 11.4. The van der Waals surface area contributed by atoms with Crippen LogP contribution >= 0.6 is 0 Å². The quantitative estimate of drug-likeness (QED) is 0.735. The second kappa shape index (κ2) is 8.05. The number of morpholine rings is 1. The van der Waals surface area contributed by atoms with E-state index in [4.69, 9.17) is 9.47 Å². The van der Waals surface area contributed by atoms with Gasteiger partial charge in [0.25, 0.3) is 0 Å². The summed E-state index contributed by atoms with van der Waals surface area (Å²) in [7, 11) is 0. The number of rotatable bonds is 5. The highest BCUT2D eigenvalue weighted by Crippen LogP contribution is 2.24. The lowest BCUT2D eigenvalue weighted by Gasteiger charge is -2.28. The second-order valence-electron chi connectivity index (χ2n) is 6.36. The van der Waals surface area contributed by atoms with Gasteiger partial charge >= 0.3 is 0 Å². The van der Waals surface area contributed by atoms with Gasteiger partial charge in [-0.1, -0.05) is 18.2 Å². The third-order valence-corrected chi connectivity index (χ3v) is 4.27. The Labute approximate surface area is 158 Å². The Morgan fingerprint density at radius 2 is 1.63 bits per heavy atom. The zero-order valence-corrected chi connectivity index (χ0v) is 15.3. The van der Waals surface area contributed by atoms with Crippen molar-refractivity contribution in [3.63, 3.8) is 0 Å². The number of aryl methyl sites for hydroxylation is 1. The molecule has 1 N–H and O–H groups in total. The summed E-state index contributed by atoms with van der Waals surface area (Å²) in [6.07, 6.45) is 0. The SMILES string of the molecule is Cc1cc(N2CCOCC2)nc(Nc2ccc(Oc3ccccc3)cc2)n1. The van der Waals surface area contributed by atoms with Crippen molar-refractivity contribution in [1.82, 2.24) is 9.97 Å². The molecule has 27 heavy (non-hydrogen) atoms. The van der Waals surface area contributed by atoms with Gasteiger partial charge in [0.15, 0.2) is 0 Å². The van der Waals surface area contributed by atoms with Gasteiger partial charge in [-0.25, -0.2) is 4.98 Å². The Morgan fingerprint density at radius 3 is 2.37 bits per heavy atom. The minimum absolute atomic E-state index is 0.591. The Kier molecular flexibility index (Phi) is 5.16. The molecule has 0 unspecified atom stereocenters. The Hall–Kier alpha value is -3.12. The lowest BCUT2D eigenvalue weighted by molar-refractivity contribution is 0.122. The van der Waals surface area contributed by atoms with E-state index in [0.717, 1.165) is 55.0 Å². The molecule has 1 aliphatic heterocycles. The third kappa shape index (κ3) is 4.54. The molecule has 0 amide bonds. The van der Waals surface area contributed by atoms with Gasteiger partial charge in [-0.05, 0) is 43.3 Å². The monoisotopic (exact) mass is 362 g/mol. The van der Waals surface area contributed by atoms with E-state index in [2.05, 4.69) is 20.2 Å². The van der Waals surface area contributed by atoms with Gasteiger partial charge in [0.1, 0.15) is 17.3 Å². The highest BCUT2D eigenvalue weighted by atomic mass is 16.5. The first-order valence-corrected chi connectivity index (χ1v) is 9.05. The van der Waals surface area contributed by atoms with Crippen molar-refractivity contribution in [3.8, 4) is 11.5 Å². The molecule has 1 aromatic heterocycles. The zero-order valence-electron chi connectivity index (χ0n) is 15.3. The standard InChI is InChI=1S/C21H22N4O2/c1-16-15-20(25-11-13-26-14-12-25)24-21(22-16)23-17-7-9-19(10-8-17)27-18-5-3-2-4-6-18/h2-10,15H,11-14H2,1H3,(H,22,23,24). The molecule has 1 aliphatic rings. The first kappa shape index (κ1) is 17.3. The molecule has 0 aliphatic carbocycles. The van der Waals surface area contributed by atoms with Crippen LogP contribution in [-0.2, 0) is 4.74 Å². The summed E-state index contributed by atoms with van der Waals surface area (Å²) in [6, 6.07) is 19.5. The number of nitrogens with zero attached hydrogens (tertiary/aromatic N) is 3. The largest absolute Gasteiger partial charge is 0.457 e. The molecular formula is C21H22N4O2. The molecule has 1 fully saturated rings. The molecule has 0 radical (unpaired) electrons. The lowest BCUT2D eigenvalue weighted by Crippen LogP contribution is -2.36. The molecule has 0 spiro atoms. The van der Waals surface area contributed by atoms with Crippen molar-refractivity contribution in [2.75, 3.05) is 36.5 Å². The number of benzene rings is 2.